The molecule has 1 N–H and O–H groups in total. The lowest BCUT2D eigenvalue weighted by atomic mass is 10.3. The van der Waals surface area contributed by atoms with Crippen molar-refractivity contribution < 1.29 is 13.2 Å². The molecule has 0 spiro atoms. The molecule has 0 aliphatic heterocycles. The second-order valence-corrected chi connectivity index (χ2v) is 5.44. The number of hydrogen-bond acceptors (Lipinski definition) is 3. The minimum Gasteiger partial charge on any atom is -0.363 e. The first-order chi connectivity index (χ1) is 10.8. The number of halogens is 3. The first kappa shape index (κ1) is 17.4. The lowest BCUT2D eigenvalue weighted by Gasteiger charge is -2.07. The van der Waals surface area contributed by atoms with Crippen LogP contribution in [0.5, 0.6) is 0 Å². The molecule has 2 rings (SSSR count). The number of aryl methyl sites for hydroxylation is 3. The number of unbranched alkanes of at least 4 members (excludes halogenated alkanes) is 1. The molecule has 2 heterocycles. The molecule has 0 aromatic carbocycles. The zero-order chi connectivity index (χ0) is 17.0. The van der Waals surface area contributed by atoms with Gasteiger partial charge >= 0.3 is 6.18 Å². The van der Waals surface area contributed by atoms with Crippen molar-refractivity contribution in [1.82, 2.24) is 19.6 Å². The maximum Gasteiger partial charge on any atom is 0.433 e. The van der Waals surface area contributed by atoms with Crippen LogP contribution in [-0.2, 0) is 25.8 Å². The van der Waals surface area contributed by atoms with Crippen molar-refractivity contribution in [2.45, 2.75) is 59.4 Å². The van der Waals surface area contributed by atoms with Gasteiger partial charge in [0.15, 0.2) is 0 Å². The molecule has 5 nitrogen and oxygen atoms in total. The summed E-state index contributed by atoms with van der Waals surface area (Å²) >= 11 is 0. The molecule has 128 valence electrons. The van der Waals surface area contributed by atoms with Crippen molar-refractivity contribution in [3.8, 4) is 0 Å². The van der Waals surface area contributed by atoms with E-state index in [0.717, 1.165) is 35.8 Å². The van der Waals surface area contributed by atoms with Gasteiger partial charge in [-0.05, 0) is 26.3 Å². The summed E-state index contributed by atoms with van der Waals surface area (Å²) in [6, 6.07) is 2.97. The average Bonchev–Trinajstić information content (AvgIpc) is 3.06. The maximum absolute atomic E-state index is 12.9. The monoisotopic (exact) mass is 329 g/mol. The summed E-state index contributed by atoms with van der Waals surface area (Å²) in [7, 11) is 0. The minimum absolute atomic E-state index is 0.180. The molecule has 23 heavy (non-hydrogen) atoms. The third-order valence-corrected chi connectivity index (χ3v) is 3.58. The molecule has 0 atom stereocenters. The molecule has 0 radical (unpaired) electrons. The Morgan fingerprint density at radius 1 is 1.13 bits per heavy atom. The van der Waals surface area contributed by atoms with E-state index in [0.29, 0.717) is 11.5 Å². The van der Waals surface area contributed by atoms with E-state index >= 15 is 0 Å². The summed E-state index contributed by atoms with van der Waals surface area (Å²) in [5.41, 5.74) is 0.650. The smallest absolute Gasteiger partial charge is 0.363 e. The zero-order valence-electron chi connectivity index (χ0n) is 13.6. The summed E-state index contributed by atoms with van der Waals surface area (Å²) in [5.74, 6) is 0.651. The van der Waals surface area contributed by atoms with Gasteiger partial charge in [-0.2, -0.15) is 23.4 Å². The molecule has 8 heteroatoms. The molecule has 0 saturated carbocycles. The Balaban J connectivity index is 2.05. The highest BCUT2D eigenvalue weighted by molar-refractivity contribution is 5.36. The maximum atomic E-state index is 12.9. The molecule has 0 aliphatic rings. The average molecular weight is 329 g/mol. The quantitative estimate of drug-likeness (QED) is 0.839. The van der Waals surface area contributed by atoms with Crippen LogP contribution < -0.4 is 5.32 Å². The Bertz CT molecular complexity index is 642. The molecule has 2 aromatic heterocycles. The van der Waals surface area contributed by atoms with E-state index in [9.17, 15) is 13.2 Å². The Hall–Kier alpha value is -1.99. The van der Waals surface area contributed by atoms with Gasteiger partial charge in [0.25, 0.3) is 0 Å². The van der Waals surface area contributed by atoms with Crippen LogP contribution in [0.4, 0.5) is 19.0 Å². The minimum atomic E-state index is -4.39. The van der Waals surface area contributed by atoms with Crippen molar-refractivity contribution in [3.63, 3.8) is 0 Å². The first-order valence-corrected chi connectivity index (χ1v) is 7.77. The molecular weight excluding hydrogens is 307 g/mol. The van der Waals surface area contributed by atoms with Gasteiger partial charge in [0.05, 0.1) is 12.2 Å². The van der Waals surface area contributed by atoms with Gasteiger partial charge < -0.3 is 5.32 Å². The van der Waals surface area contributed by atoms with E-state index < -0.39 is 11.9 Å². The van der Waals surface area contributed by atoms with Gasteiger partial charge in [-0.3, -0.25) is 9.36 Å². The molecule has 0 bridgehead atoms. The standard InChI is InChI=1S/C15H22F3N5/c1-4-6-7-23-11(3)8-14(21-23)19-10-12-9-13(15(16,17)18)22(5-2)20-12/h8-9H,4-7,10H2,1-3H3,(H,19,21). The number of aromatic nitrogens is 4. The van der Waals surface area contributed by atoms with Gasteiger partial charge in [0, 0.05) is 24.8 Å². The van der Waals surface area contributed by atoms with Gasteiger partial charge in [-0.15, -0.1) is 0 Å². The number of rotatable bonds is 7. The predicted molar refractivity (Wildman–Crippen MR) is 82.1 cm³/mol. The highest BCUT2D eigenvalue weighted by Crippen LogP contribution is 2.29. The van der Waals surface area contributed by atoms with Gasteiger partial charge in [0.1, 0.15) is 11.5 Å². The van der Waals surface area contributed by atoms with E-state index in [4.69, 9.17) is 0 Å². The van der Waals surface area contributed by atoms with E-state index in [1.54, 1.807) is 6.92 Å². The van der Waals surface area contributed by atoms with Crippen LogP contribution in [0.15, 0.2) is 12.1 Å². The number of nitrogens with zero attached hydrogens (tertiary/aromatic N) is 4. The summed E-state index contributed by atoms with van der Waals surface area (Å²) in [6.07, 6.45) is -2.27. The topological polar surface area (TPSA) is 47.7 Å². The molecular formula is C15H22F3N5. The Morgan fingerprint density at radius 3 is 2.43 bits per heavy atom. The Kier molecular flexibility index (Phi) is 5.33. The number of hydrogen-bond donors (Lipinski definition) is 1. The predicted octanol–water partition coefficient (Wildman–Crippen LogP) is 3.84. The van der Waals surface area contributed by atoms with Crippen LogP contribution in [0.25, 0.3) is 0 Å². The normalized spacial score (nSPS) is 11.9. The second kappa shape index (κ2) is 7.06. The third kappa shape index (κ3) is 4.27. The van der Waals surface area contributed by atoms with Crippen LogP contribution in [0.3, 0.4) is 0 Å². The van der Waals surface area contributed by atoms with Gasteiger partial charge in [-0.1, -0.05) is 13.3 Å². The fourth-order valence-electron chi connectivity index (χ4n) is 2.34. The van der Waals surface area contributed by atoms with Crippen molar-refractivity contribution in [2.24, 2.45) is 0 Å². The lowest BCUT2D eigenvalue weighted by molar-refractivity contribution is -0.144. The van der Waals surface area contributed by atoms with Crippen molar-refractivity contribution >= 4 is 5.82 Å². The fraction of sp³-hybridized carbons (Fsp3) is 0.600. The van der Waals surface area contributed by atoms with E-state index in [1.807, 2.05) is 17.7 Å². The van der Waals surface area contributed by atoms with Crippen LogP contribution in [0, 0.1) is 6.92 Å². The number of anilines is 1. The summed E-state index contributed by atoms with van der Waals surface area (Å²) in [5, 5.41) is 11.4. The summed E-state index contributed by atoms with van der Waals surface area (Å²) in [6.45, 7) is 6.94. The molecule has 0 amide bonds. The Labute approximate surface area is 133 Å². The Morgan fingerprint density at radius 2 is 1.87 bits per heavy atom. The van der Waals surface area contributed by atoms with Crippen molar-refractivity contribution in [2.75, 3.05) is 5.32 Å². The molecule has 0 fully saturated rings. The summed E-state index contributed by atoms with van der Waals surface area (Å²) < 4.78 is 41.5. The third-order valence-electron chi connectivity index (χ3n) is 3.58. The molecule has 0 aliphatic carbocycles. The molecule has 2 aromatic rings. The van der Waals surface area contributed by atoms with E-state index in [1.165, 1.54) is 0 Å². The van der Waals surface area contributed by atoms with E-state index in [-0.39, 0.29) is 13.1 Å². The van der Waals surface area contributed by atoms with Crippen molar-refractivity contribution in [1.29, 1.82) is 0 Å². The van der Waals surface area contributed by atoms with Gasteiger partial charge in [0.2, 0.25) is 0 Å². The zero-order valence-corrected chi connectivity index (χ0v) is 13.6. The van der Waals surface area contributed by atoms with Crippen LogP contribution in [0.2, 0.25) is 0 Å². The summed E-state index contributed by atoms with van der Waals surface area (Å²) in [4.78, 5) is 0. The highest BCUT2D eigenvalue weighted by atomic mass is 19.4. The molecule has 0 saturated heterocycles. The number of alkyl halides is 3. The van der Waals surface area contributed by atoms with Crippen LogP contribution in [0.1, 0.15) is 43.8 Å². The fourth-order valence-corrected chi connectivity index (χ4v) is 2.34. The molecule has 0 unspecified atom stereocenters. The van der Waals surface area contributed by atoms with Gasteiger partial charge in [-0.25, -0.2) is 0 Å². The number of nitrogens with one attached hydrogen (secondary N) is 1. The second-order valence-electron chi connectivity index (χ2n) is 5.44. The van der Waals surface area contributed by atoms with Crippen molar-refractivity contribution in [3.05, 3.63) is 29.2 Å². The van der Waals surface area contributed by atoms with Crippen LogP contribution >= 0.6 is 0 Å². The van der Waals surface area contributed by atoms with E-state index in [2.05, 4.69) is 22.4 Å². The van der Waals surface area contributed by atoms with Crippen LogP contribution in [-0.4, -0.2) is 19.6 Å². The largest absolute Gasteiger partial charge is 0.433 e. The first-order valence-electron chi connectivity index (χ1n) is 7.77. The highest BCUT2D eigenvalue weighted by Gasteiger charge is 2.35. The lowest BCUT2D eigenvalue weighted by Crippen LogP contribution is -2.13. The SMILES string of the molecule is CCCCn1nc(NCc2cc(C(F)(F)F)n(CC)n2)cc1C.